The molecule has 0 saturated carbocycles. The van der Waals surface area contributed by atoms with Gasteiger partial charge >= 0.3 is 11.9 Å². The Morgan fingerprint density at radius 3 is 1.57 bits per heavy atom. The molecule has 0 spiro atoms. The van der Waals surface area contributed by atoms with Crippen molar-refractivity contribution in [3.63, 3.8) is 0 Å². The maximum Gasteiger partial charge on any atom is 0.329 e. The molecular weight excluding hydrogens is 472 g/mol. The molecular formula is C29H28N2O6. The molecule has 0 aromatic heterocycles. The fourth-order valence-electron chi connectivity index (χ4n) is 4.59. The Hall–Kier alpha value is -4.30. The lowest BCUT2D eigenvalue weighted by Crippen LogP contribution is -2.51. The number of esters is 2. The van der Waals surface area contributed by atoms with Crippen LogP contribution in [-0.4, -0.2) is 59.9 Å². The minimum Gasteiger partial charge on any atom is -0.468 e. The number of amides is 2. The van der Waals surface area contributed by atoms with Crippen LogP contribution in [0.2, 0.25) is 0 Å². The van der Waals surface area contributed by atoms with E-state index in [0.29, 0.717) is 13.1 Å². The molecule has 0 N–H and O–H groups in total. The first-order chi connectivity index (χ1) is 17.9. The molecule has 8 nitrogen and oxygen atoms in total. The van der Waals surface area contributed by atoms with Gasteiger partial charge in [-0.15, -0.1) is 0 Å². The molecule has 2 amide bonds. The monoisotopic (exact) mass is 500 g/mol. The third-order valence-electron chi connectivity index (χ3n) is 6.43. The molecule has 0 unspecified atom stereocenters. The average molecular weight is 501 g/mol. The van der Waals surface area contributed by atoms with E-state index < -0.39 is 35.8 Å². The van der Waals surface area contributed by atoms with Crippen LogP contribution < -0.4 is 0 Å². The minimum absolute atomic E-state index is 0.190. The summed E-state index contributed by atoms with van der Waals surface area (Å²) in [5.41, 5.74) is 2.31. The molecule has 1 aliphatic rings. The summed E-state index contributed by atoms with van der Waals surface area (Å²) in [6, 6.07) is 23.3. The molecule has 37 heavy (non-hydrogen) atoms. The second kappa shape index (κ2) is 11.6. The third-order valence-corrected chi connectivity index (χ3v) is 6.43. The van der Waals surface area contributed by atoms with Crippen molar-refractivity contribution in [3.8, 4) is 0 Å². The molecule has 1 aliphatic heterocycles. The molecule has 8 heteroatoms. The number of ether oxygens (including phenoxy) is 2. The van der Waals surface area contributed by atoms with Crippen LogP contribution in [0.25, 0.3) is 0 Å². The normalized spacial score (nSPS) is 14.3. The molecule has 0 saturated heterocycles. The summed E-state index contributed by atoms with van der Waals surface area (Å²) in [7, 11) is 2.46. The van der Waals surface area contributed by atoms with Crippen LogP contribution in [0.15, 0.2) is 84.9 Å². The fraction of sp³-hybridized carbons (Fsp3) is 0.241. The molecule has 0 aliphatic carbocycles. The van der Waals surface area contributed by atoms with Crippen LogP contribution in [0.3, 0.4) is 0 Å². The van der Waals surface area contributed by atoms with E-state index in [1.165, 1.54) is 14.2 Å². The highest BCUT2D eigenvalue weighted by Crippen LogP contribution is 2.28. The summed E-state index contributed by atoms with van der Waals surface area (Å²) in [4.78, 5) is 55.4. The molecule has 0 bridgehead atoms. The molecule has 1 heterocycles. The topological polar surface area (TPSA) is 93.2 Å². The number of hydrogen-bond acceptors (Lipinski definition) is 7. The Labute approximate surface area is 215 Å². The van der Waals surface area contributed by atoms with Gasteiger partial charge in [-0.25, -0.2) is 4.79 Å². The zero-order chi connectivity index (χ0) is 26.4. The lowest BCUT2D eigenvalue weighted by Gasteiger charge is -2.33. The van der Waals surface area contributed by atoms with Gasteiger partial charge in [-0.05, 0) is 23.3 Å². The van der Waals surface area contributed by atoms with E-state index in [1.54, 1.807) is 24.3 Å². The predicted molar refractivity (Wildman–Crippen MR) is 135 cm³/mol. The molecule has 0 fully saturated rings. The number of fused-ring (bicyclic) bond motifs is 1. The number of methoxy groups -OCH3 is 2. The first-order valence-electron chi connectivity index (χ1n) is 11.9. The SMILES string of the molecule is COC(=O)[C@@H](C[C@@H](C(=O)OC)N1C(=O)c2ccccc2C1=O)N(Cc1ccccc1)Cc1ccccc1. The lowest BCUT2D eigenvalue weighted by atomic mass is 10.0. The molecule has 0 radical (unpaired) electrons. The standard InChI is InChI=1S/C29H28N2O6/c1-36-28(34)24(30(18-20-11-5-3-6-12-20)19-21-13-7-4-8-14-21)17-25(29(35)37-2)31-26(32)22-15-9-10-16-23(22)27(31)33/h3-16,24-25H,17-19H2,1-2H3/t24-,25+/m1/s1. The van der Waals surface area contributed by atoms with Crippen molar-refractivity contribution < 1.29 is 28.7 Å². The predicted octanol–water partition coefficient (Wildman–Crippen LogP) is 3.46. The number of rotatable bonds is 10. The molecule has 3 aromatic carbocycles. The zero-order valence-electron chi connectivity index (χ0n) is 20.7. The number of carbonyl (C=O) groups excluding carboxylic acids is 4. The van der Waals surface area contributed by atoms with E-state index in [2.05, 4.69) is 0 Å². The van der Waals surface area contributed by atoms with Gasteiger partial charge in [-0.3, -0.25) is 24.2 Å². The zero-order valence-corrected chi connectivity index (χ0v) is 20.7. The van der Waals surface area contributed by atoms with Crippen molar-refractivity contribution >= 4 is 23.8 Å². The Balaban J connectivity index is 1.71. The minimum atomic E-state index is -1.32. The largest absolute Gasteiger partial charge is 0.468 e. The van der Waals surface area contributed by atoms with Gasteiger partial charge in [0.15, 0.2) is 0 Å². The third kappa shape index (κ3) is 5.59. The van der Waals surface area contributed by atoms with Gasteiger partial charge in [0, 0.05) is 19.5 Å². The van der Waals surface area contributed by atoms with E-state index >= 15 is 0 Å². The first-order valence-corrected chi connectivity index (χ1v) is 11.9. The highest BCUT2D eigenvalue weighted by Gasteiger charge is 2.45. The summed E-state index contributed by atoms with van der Waals surface area (Å²) in [6.07, 6.45) is -0.190. The fourth-order valence-corrected chi connectivity index (χ4v) is 4.59. The Bertz CT molecular complexity index is 1200. The van der Waals surface area contributed by atoms with Crippen molar-refractivity contribution in [2.45, 2.75) is 31.6 Å². The number of imide groups is 1. The van der Waals surface area contributed by atoms with Gasteiger partial charge in [-0.2, -0.15) is 0 Å². The van der Waals surface area contributed by atoms with Gasteiger partial charge in [0.1, 0.15) is 12.1 Å². The van der Waals surface area contributed by atoms with Crippen molar-refractivity contribution in [1.29, 1.82) is 0 Å². The quantitative estimate of drug-likeness (QED) is 0.311. The summed E-state index contributed by atoms with van der Waals surface area (Å²) >= 11 is 0. The van der Waals surface area contributed by atoms with E-state index in [0.717, 1.165) is 16.0 Å². The van der Waals surface area contributed by atoms with Crippen molar-refractivity contribution in [3.05, 3.63) is 107 Å². The molecule has 4 rings (SSSR count). The number of carbonyl (C=O) groups is 4. The van der Waals surface area contributed by atoms with Gasteiger partial charge in [0.2, 0.25) is 0 Å². The summed E-state index contributed by atoms with van der Waals surface area (Å²) in [6.45, 7) is 0.733. The summed E-state index contributed by atoms with van der Waals surface area (Å²) in [5, 5.41) is 0. The van der Waals surface area contributed by atoms with Gasteiger partial charge in [0.05, 0.1) is 25.3 Å². The van der Waals surface area contributed by atoms with Crippen LogP contribution >= 0.6 is 0 Å². The molecule has 3 aromatic rings. The van der Waals surface area contributed by atoms with Crippen molar-refractivity contribution in [2.75, 3.05) is 14.2 Å². The lowest BCUT2D eigenvalue weighted by molar-refractivity contribution is -0.151. The van der Waals surface area contributed by atoms with Crippen LogP contribution in [-0.2, 0) is 32.2 Å². The van der Waals surface area contributed by atoms with Gasteiger partial charge in [-0.1, -0.05) is 72.8 Å². The van der Waals surface area contributed by atoms with E-state index in [1.807, 2.05) is 65.6 Å². The van der Waals surface area contributed by atoms with Crippen LogP contribution in [0, 0.1) is 0 Å². The Kier molecular flexibility index (Phi) is 8.10. The second-order valence-electron chi connectivity index (χ2n) is 8.72. The van der Waals surface area contributed by atoms with E-state index in [-0.39, 0.29) is 17.5 Å². The van der Waals surface area contributed by atoms with E-state index in [4.69, 9.17) is 9.47 Å². The average Bonchev–Trinajstić information content (AvgIpc) is 3.19. The van der Waals surface area contributed by atoms with Gasteiger partial charge < -0.3 is 9.47 Å². The summed E-state index contributed by atoms with van der Waals surface area (Å²) in [5.74, 6) is -2.57. The first kappa shape index (κ1) is 25.8. The highest BCUT2D eigenvalue weighted by atomic mass is 16.5. The highest BCUT2D eigenvalue weighted by molar-refractivity contribution is 6.22. The van der Waals surface area contributed by atoms with Gasteiger partial charge in [0.25, 0.3) is 11.8 Å². The number of benzene rings is 3. The van der Waals surface area contributed by atoms with Crippen LogP contribution in [0.5, 0.6) is 0 Å². The van der Waals surface area contributed by atoms with E-state index in [9.17, 15) is 19.2 Å². The number of hydrogen-bond donors (Lipinski definition) is 0. The number of nitrogens with zero attached hydrogens (tertiary/aromatic N) is 2. The smallest absolute Gasteiger partial charge is 0.329 e. The van der Waals surface area contributed by atoms with Crippen molar-refractivity contribution in [1.82, 2.24) is 9.80 Å². The Morgan fingerprint density at radius 1 is 0.703 bits per heavy atom. The van der Waals surface area contributed by atoms with Crippen molar-refractivity contribution in [2.24, 2.45) is 0 Å². The van der Waals surface area contributed by atoms with Crippen LogP contribution in [0.1, 0.15) is 38.3 Å². The maximum absolute atomic E-state index is 13.2. The maximum atomic E-state index is 13.2. The Morgan fingerprint density at radius 2 is 1.14 bits per heavy atom. The van der Waals surface area contributed by atoms with Crippen LogP contribution in [0.4, 0.5) is 0 Å². The molecule has 2 atom stereocenters. The second-order valence-corrected chi connectivity index (χ2v) is 8.72. The molecule has 190 valence electrons. The summed E-state index contributed by atoms with van der Waals surface area (Å²) < 4.78 is 10.1.